The average Bonchev–Trinajstić information content (AvgIpc) is 2.43. The van der Waals surface area contributed by atoms with Gasteiger partial charge in [0.1, 0.15) is 5.82 Å². The van der Waals surface area contributed by atoms with Crippen LogP contribution in [0, 0.1) is 5.82 Å². The van der Waals surface area contributed by atoms with Crippen LogP contribution in [-0.4, -0.2) is 11.7 Å². The van der Waals surface area contributed by atoms with Gasteiger partial charge in [0.2, 0.25) is 0 Å². The Labute approximate surface area is 117 Å². The third kappa shape index (κ3) is 3.46. The maximum absolute atomic E-state index is 13.5. The fraction of sp³-hybridized carbons (Fsp3) is 0.200. The Morgan fingerprint density at radius 3 is 2.55 bits per heavy atom. The van der Waals surface area contributed by atoms with Gasteiger partial charge in [-0.2, -0.15) is 0 Å². The van der Waals surface area contributed by atoms with Gasteiger partial charge in [0.05, 0.1) is 17.5 Å². The highest BCUT2D eigenvalue weighted by atomic mass is 19.1. The van der Waals surface area contributed by atoms with Crippen molar-refractivity contribution in [3.8, 4) is 0 Å². The number of nitrogen functional groups attached to an aromatic ring is 2. The van der Waals surface area contributed by atoms with E-state index in [4.69, 9.17) is 11.5 Å². The number of anilines is 2. The van der Waals surface area contributed by atoms with Gasteiger partial charge in [-0.05, 0) is 23.8 Å². The molecule has 1 atom stereocenters. The summed E-state index contributed by atoms with van der Waals surface area (Å²) in [7, 11) is 0. The summed E-state index contributed by atoms with van der Waals surface area (Å²) in [5, 5.41) is 13.0. The molecular weight excluding hydrogens is 257 g/mol. The minimum absolute atomic E-state index is 0.255. The maximum Gasteiger partial charge on any atom is 0.129 e. The summed E-state index contributed by atoms with van der Waals surface area (Å²) >= 11 is 0. The largest absolute Gasteiger partial charge is 0.397 e. The summed E-state index contributed by atoms with van der Waals surface area (Å²) in [5.74, 6) is -0.404. The van der Waals surface area contributed by atoms with Gasteiger partial charge in [-0.3, -0.25) is 0 Å². The number of hydrogen-bond donors (Lipinski definition) is 4. The number of halogens is 1. The van der Waals surface area contributed by atoms with E-state index in [-0.39, 0.29) is 12.1 Å². The normalized spacial score (nSPS) is 12.3. The van der Waals surface area contributed by atoms with E-state index in [1.54, 1.807) is 30.3 Å². The molecule has 1 unspecified atom stereocenters. The molecule has 0 heterocycles. The van der Waals surface area contributed by atoms with Gasteiger partial charge >= 0.3 is 0 Å². The third-order valence-electron chi connectivity index (χ3n) is 3.08. The molecule has 2 rings (SSSR count). The van der Waals surface area contributed by atoms with E-state index in [1.165, 1.54) is 6.07 Å². The average molecular weight is 275 g/mol. The number of nitrogens with two attached hydrogens (primary N) is 2. The van der Waals surface area contributed by atoms with Crippen molar-refractivity contribution in [2.45, 2.75) is 12.6 Å². The van der Waals surface area contributed by atoms with Crippen LogP contribution >= 0.6 is 0 Å². The summed E-state index contributed by atoms with van der Waals surface area (Å²) in [4.78, 5) is 0. The van der Waals surface area contributed by atoms with Crippen molar-refractivity contribution in [3.05, 3.63) is 59.4 Å². The van der Waals surface area contributed by atoms with Gasteiger partial charge in [0, 0.05) is 18.7 Å². The number of rotatable bonds is 5. The van der Waals surface area contributed by atoms with E-state index in [9.17, 15) is 9.50 Å². The van der Waals surface area contributed by atoms with Gasteiger partial charge in [0.25, 0.3) is 0 Å². The topological polar surface area (TPSA) is 84.3 Å². The predicted octanol–water partition coefficient (Wildman–Crippen LogP) is 1.81. The highest BCUT2D eigenvalue weighted by Gasteiger charge is 2.11. The molecule has 4 nitrogen and oxygen atoms in total. The molecule has 0 fully saturated rings. The zero-order valence-corrected chi connectivity index (χ0v) is 11.0. The molecule has 0 spiro atoms. The molecule has 0 aliphatic carbocycles. The molecule has 0 bridgehead atoms. The molecule has 5 heteroatoms. The zero-order chi connectivity index (χ0) is 14.5. The minimum Gasteiger partial charge on any atom is -0.397 e. The quantitative estimate of drug-likeness (QED) is 0.627. The van der Waals surface area contributed by atoms with Crippen LogP contribution in [0.1, 0.15) is 17.2 Å². The molecule has 0 aromatic heterocycles. The molecule has 0 radical (unpaired) electrons. The molecule has 0 saturated heterocycles. The fourth-order valence-corrected chi connectivity index (χ4v) is 1.94. The summed E-state index contributed by atoms with van der Waals surface area (Å²) in [6.07, 6.45) is -0.887. The van der Waals surface area contributed by atoms with Crippen LogP contribution in [0.4, 0.5) is 15.8 Å². The van der Waals surface area contributed by atoms with Crippen molar-refractivity contribution >= 4 is 11.4 Å². The lowest BCUT2D eigenvalue weighted by Gasteiger charge is -2.13. The number of aliphatic hydroxyl groups is 1. The smallest absolute Gasteiger partial charge is 0.129 e. The van der Waals surface area contributed by atoms with Crippen molar-refractivity contribution in [2.24, 2.45) is 0 Å². The first-order valence-electron chi connectivity index (χ1n) is 6.35. The van der Waals surface area contributed by atoms with Crippen LogP contribution in [-0.2, 0) is 6.54 Å². The van der Waals surface area contributed by atoms with Gasteiger partial charge < -0.3 is 21.9 Å². The van der Waals surface area contributed by atoms with Crippen LogP contribution < -0.4 is 16.8 Å². The highest BCUT2D eigenvalue weighted by molar-refractivity contribution is 5.63. The maximum atomic E-state index is 13.5. The Kier molecular flexibility index (Phi) is 4.55. The van der Waals surface area contributed by atoms with Gasteiger partial charge in [-0.25, -0.2) is 4.39 Å². The van der Waals surface area contributed by atoms with Crippen LogP contribution in [0.2, 0.25) is 0 Å². The second kappa shape index (κ2) is 6.36. The lowest BCUT2D eigenvalue weighted by Crippen LogP contribution is -2.21. The Bertz CT molecular complexity index is 589. The van der Waals surface area contributed by atoms with Crippen molar-refractivity contribution in [2.75, 3.05) is 18.0 Å². The van der Waals surface area contributed by atoms with E-state index in [0.29, 0.717) is 17.9 Å². The summed E-state index contributed by atoms with van der Waals surface area (Å²) in [5.41, 5.74) is 13.7. The molecule has 0 aliphatic heterocycles. The molecule has 0 amide bonds. The molecule has 6 N–H and O–H groups in total. The Morgan fingerprint density at radius 1 is 1.10 bits per heavy atom. The Morgan fingerprint density at radius 2 is 1.85 bits per heavy atom. The van der Waals surface area contributed by atoms with Crippen molar-refractivity contribution < 1.29 is 9.50 Å². The molecular formula is C15H18FN3O. The van der Waals surface area contributed by atoms with E-state index in [2.05, 4.69) is 5.32 Å². The Hall–Kier alpha value is -2.11. The van der Waals surface area contributed by atoms with E-state index < -0.39 is 11.9 Å². The van der Waals surface area contributed by atoms with E-state index in [0.717, 1.165) is 5.56 Å². The predicted molar refractivity (Wildman–Crippen MR) is 78.3 cm³/mol. The molecule has 106 valence electrons. The standard InChI is InChI=1S/C15H18FN3O/c16-12-4-2-1-3-11(12)15(20)9-19-8-10-5-6-13(17)14(18)7-10/h1-7,15,19-20H,8-9,17-18H2. The van der Waals surface area contributed by atoms with E-state index in [1.807, 2.05) is 6.07 Å². The lowest BCUT2D eigenvalue weighted by atomic mass is 10.1. The summed E-state index contributed by atoms with van der Waals surface area (Å²) in [6, 6.07) is 11.6. The monoisotopic (exact) mass is 275 g/mol. The van der Waals surface area contributed by atoms with Crippen molar-refractivity contribution in [3.63, 3.8) is 0 Å². The number of nitrogens with one attached hydrogen (secondary N) is 1. The van der Waals surface area contributed by atoms with Crippen LogP contribution in [0.3, 0.4) is 0 Å². The molecule has 0 saturated carbocycles. The number of hydrogen-bond acceptors (Lipinski definition) is 4. The van der Waals surface area contributed by atoms with Crippen LogP contribution in [0.15, 0.2) is 42.5 Å². The Balaban J connectivity index is 1.89. The first-order valence-corrected chi connectivity index (χ1v) is 6.35. The van der Waals surface area contributed by atoms with E-state index >= 15 is 0 Å². The SMILES string of the molecule is Nc1ccc(CNCC(O)c2ccccc2F)cc1N. The van der Waals surface area contributed by atoms with Gasteiger partial charge in [-0.15, -0.1) is 0 Å². The van der Waals surface area contributed by atoms with Gasteiger partial charge in [-0.1, -0.05) is 24.3 Å². The lowest BCUT2D eigenvalue weighted by molar-refractivity contribution is 0.169. The van der Waals surface area contributed by atoms with Crippen molar-refractivity contribution in [1.82, 2.24) is 5.32 Å². The van der Waals surface area contributed by atoms with Crippen LogP contribution in [0.25, 0.3) is 0 Å². The summed E-state index contributed by atoms with van der Waals surface area (Å²) < 4.78 is 13.5. The van der Waals surface area contributed by atoms with Crippen LogP contribution in [0.5, 0.6) is 0 Å². The fourth-order valence-electron chi connectivity index (χ4n) is 1.94. The second-order valence-electron chi connectivity index (χ2n) is 4.63. The number of aliphatic hydroxyl groups excluding tert-OH is 1. The highest BCUT2D eigenvalue weighted by Crippen LogP contribution is 2.17. The van der Waals surface area contributed by atoms with Crippen molar-refractivity contribution in [1.29, 1.82) is 0 Å². The second-order valence-corrected chi connectivity index (χ2v) is 4.63. The zero-order valence-electron chi connectivity index (χ0n) is 11.0. The first-order chi connectivity index (χ1) is 9.58. The third-order valence-corrected chi connectivity index (χ3v) is 3.08. The number of benzene rings is 2. The minimum atomic E-state index is -0.887. The molecule has 2 aromatic rings. The molecule has 0 aliphatic rings. The molecule has 2 aromatic carbocycles. The first kappa shape index (κ1) is 14.3. The molecule has 20 heavy (non-hydrogen) atoms. The van der Waals surface area contributed by atoms with Gasteiger partial charge in [0.15, 0.2) is 0 Å². The summed E-state index contributed by atoms with van der Waals surface area (Å²) in [6.45, 7) is 0.779.